The number of hydrogen-bond donors (Lipinski definition) is 2. The van der Waals surface area contributed by atoms with Gasteiger partial charge in [0.05, 0.1) is 11.2 Å². The molecule has 1 aromatic rings. The van der Waals surface area contributed by atoms with Crippen LogP contribution in [0.25, 0.3) is 0 Å². The standard InChI is InChI=1S/C10H16N2O5S2/c1-7-3-4-8(19(12,15)16)5-9(7)10(6-11)17-18(2,13)14/h3-5,10H,6,11H2,1-2H3,(H2,12,15,16). The van der Waals surface area contributed by atoms with Crippen molar-refractivity contribution in [3.8, 4) is 0 Å². The number of aryl methyl sites for hydroxylation is 1. The monoisotopic (exact) mass is 308 g/mol. The van der Waals surface area contributed by atoms with Crippen LogP contribution in [0.5, 0.6) is 0 Å². The molecule has 0 aliphatic heterocycles. The molecule has 9 heteroatoms. The molecule has 0 amide bonds. The summed E-state index contributed by atoms with van der Waals surface area (Å²) in [6.45, 7) is 1.58. The van der Waals surface area contributed by atoms with Crippen molar-refractivity contribution in [2.24, 2.45) is 10.9 Å². The minimum atomic E-state index is -3.87. The molecule has 7 nitrogen and oxygen atoms in total. The fraction of sp³-hybridized carbons (Fsp3) is 0.400. The topological polar surface area (TPSA) is 130 Å². The summed E-state index contributed by atoms with van der Waals surface area (Å²) >= 11 is 0. The van der Waals surface area contributed by atoms with Gasteiger partial charge in [0.25, 0.3) is 10.1 Å². The highest BCUT2D eigenvalue weighted by Crippen LogP contribution is 2.24. The first-order valence-corrected chi connectivity index (χ1v) is 8.62. The minimum absolute atomic E-state index is 0.109. The molecule has 0 spiro atoms. The van der Waals surface area contributed by atoms with Crippen molar-refractivity contribution < 1.29 is 21.0 Å². The predicted octanol–water partition coefficient (Wildman–Crippen LogP) is -0.382. The number of nitrogens with two attached hydrogens (primary N) is 2. The van der Waals surface area contributed by atoms with Gasteiger partial charge in [-0.15, -0.1) is 0 Å². The second-order valence-corrected chi connectivity index (χ2v) is 7.25. The summed E-state index contributed by atoms with van der Waals surface area (Å²) in [4.78, 5) is -0.122. The van der Waals surface area contributed by atoms with E-state index < -0.39 is 26.2 Å². The van der Waals surface area contributed by atoms with E-state index in [4.69, 9.17) is 15.1 Å². The third-order valence-electron chi connectivity index (χ3n) is 2.43. The molecule has 0 saturated carbocycles. The van der Waals surface area contributed by atoms with E-state index in [9.17, 15) is 16.8 Å². The molecule has 1 unspecified atom stereocenters. The Morgan fingerprint density at radius 2 is 1.84 bits per heavy atom. The van der Waals surface area contributed by atoms with Gasteiger partial charge < -0.3 is 5.73 Å². The van der Waals surface area contributed by atoms with E-state index in [0.717, 1.165) is 6.26 Å². The lowest BCUT2D eigenvalue weighted by molar-refractivity contribution is 0.223. The second-order valence-electron chi connectivity index (χ2n) is 4.09. The molecule has 4 N–H and O–H groups in total. The van der Waals surface area contributed by atoms with Crippen molar-refractivity contribution in [2.75, 3.05) is 12.8 Å². The summed E-state index contributed by atoms with van der Waals surface area (Å²) in [5, 5.41) is 5.03. The Morgan fingerprint density at radius 1 is 1.26 bits per heavy atom. The van der Waals surface area contributed by atoms with E-state index in [-0.39, 0.29) is 11.4 Å². The Balaban J connectivity index is 3.31. The highest BCUT2D eigenvalue weighted by Gasteiger charge is 2.20. The quantitative estimate of drug-likeness (QED) is 0.713. The van der Waals surface area contributed by atoms with Crippen molar-refractivity contribution in [1.29, 1.82) is 0 Å². The number of primary sulfonamides is 1. The zero-order valence-electron chi connectivity index (χ0n) is 10.5. The maximum absolute atomic E-state index is 11.3. The molecule has 0 aromatic heterocycles. The van der Waals surface area contributed by atoms with Crippen LogP contribution in [-0.2, 0) is 24.3 Å². The molecule has 0 saturated heterocycles. The van der Waals surface area contributed by atoms with E-state index in [0.29, 0.717) is 11.1 Å². The van der Waals surface area contributed by atoms with Crippen LogP contribution in [0.4, 0.5) is 0 Å². The van der Waals surface area contributed by atoms with Gasteiger partial charge in [0, 0.05) is 6.54 Å². The number of rotatable bonds is 5. The molecular weight excluding hydrogens is 292 g/mol. The Bertz CT molecular complexity index is 667. The SMILES string of the molecule is Cc1ccc(S(N)(=O)=O)cc1C(CN)OS(C)(=O)=O. The summed E-state index contributed by atoms with van der Waals surface area (Å²) in [7, 11) is -7.58. The highest BCUT2D eigenvalue weighted by molar-refractivity contribution is 7.89. The molecule has 1 rings (SSSR count). The molecule has 1 atom stereocenters. The van der Waals surface area contributed by atoms with Gasteiger partial charge in [0.1, 0.15) is 6.10 Å². The molecule has 108 valence electrons. The van der Waals surface area contributed by atoms with Crippen LogP contribution >= 0.6 is 0 Å². The Labute approximate surface area is 112 Å². The summed E-state index contributed by atoms with van der Waals surface area (Å²) in [5.74, 6) is 0. The molecule has 1 aromatic carbocycles. The largest absolute Gasteiger partial charge is 0.328 e. The van der Waals surface area contributed by atoms with Crippen LogP contribution in [0.3, 0.4) is 0 Å². The van der Waals surface area contributed by atoms with Gasteiger partial charge in [-0.05, 0) is 30.2 Å². The first-order valence-electron chi connectivity index (χ1n) is 5.26. The Morgan fingerprint density at radius 3 is 2.26 bits per heavy atom. The lowest BCUT2D eigenvalue weighted by Gasteiger charge is -2.17. The molecule has 0 fully saturated rings. The normalized spacial score (nSPS) is 14.3. The smallest absolute Gasteiger partial charge is 0.265 e. The van der Waals surface area contributed by atoms with Crippen molar-refractivity contribution in [2.45, 2.75) is 17.9 Å². The second kappa shape index (κ2) is 5.55. The van der Waals surface area contributed by atoms with Crippen LogP contribution in [0.1, 0.15) is 17.2 Å². The lowest BCUT2D eigenvalue weighted by atomic mass is 10.0. The summed E-state index contributed by atoms with van der Waals surface area (Å²) in [6.07, 6.45) is -0.0502. The first kappa shape index (κ1) is 16.1. The molecular formula is C10H16N2O5S2. The minimum Gasteiger partial charge on any atom is -0.328 e. The van der Waals surface area contributed by atoms with E-state index in [1.807, 2.05) is 0 Å². The van der Waals surface area contributed by atoms with Crippen LogP contribution in [0.2, 0.25) is 0 Å². The van der Waals surface area contributed by atoms with E-state index in [1.165, 1.54) is 18.2 Å². The van der Waals surface area contributed by atoms with Crippen LogP contribution in [-0.4, -0.2) is 29.6 Å². The molecule has 0 aliphatic carbocycles. The summed E-state index contributed by atoms with van der Waals surface area (Å²) in [6, 6.07) is 4.12. The Hall–Kier alpha value is -1.00. The van der Waals surface area contributed by atoms with Gasteiger partial charge >= 0.3 is 0 Å². The zero-order chi connectivity index (χ0) is 14.8. The maximum atomic E-state index is 11.3. The summed E-state index contributed by atoms with van der Waals surface area (Å²) < 4.78 is 49.7. The Kier molecular flexibility index (Phi) is 4.69. The lowest BCUT2D eigenvalue weighted by Crippen LogP contribution is -2.21. The van der Waals surface area contributed by atoms with Gasteiger partial charge in [-0.1, -0.05) is 6.07 Å². The number of benzene rings is 1. The van der Waals surface area contributed by atoms with E-state index in [1.54, 1.807) is 6.92 Å². The number of sulfonamides is 1. The predicted molar refractivity (Wildman–Crippen MR) is 70.3 cm³/mol. The fourth-order valence-corrected chi connectivity index (χ4v) is 2.72. The summed E-state index contributed by atoms with van der Waals surface area (Å²) in [5.41, 5.74) is 6.50. The molecule has 0 heterocycles. The molecule has 0 radical (unpaired) electrons. The van der Waals surface area contributed by atoms with Crippen molar-refractivity contribution in [1.82, 2.24) is 0 Å². The van der Waals surface area contributed by atoms with E-state index >= 15 is 0 Å². The van der Waals surface area contributed by atoms with Gasteiger partial charge in [0.2, 0.25) is 10.0 Å². The third kappa shape index (κ3) is 4.55. The van der Waals surface area contributed by atoms with Crippen molar-refractivity contribution in [3.63, 3.8) is 0 Å². The number of hydrogen-bond acceptors (Lipinski definition) is 6. The van der Waals surface area contributed by atoms with Gasteiger partial charge in [0.15, 0.2) is 0 Å². The van der Waals surface area contributed by atoms with Crippen molar-refractivity contribution >= 4 is 20.1 Å². The van der Waals surface area contributed by atoms with Gasteiger partial charge in [-0.25, -0.2) is 13.6 Å². The first-order chi connectivity index (χ1) is 8.54. The molecule has 0 aliphatic rings. The third-order valence-corrected chi connectivity index (χ3v) is 3.92. The molecule has 0 bridgehead atoms. The van der Waals surface area contributed by atoms with Crippen molar-refractivity contribution in [3.05, 3.63) is 29.3 Å². The average Bonchev–Trinajstić information content (AvgIpc) is 2.24. The average molecular weight is 308 g/mol. The van der Waals surface area contributed by atoms with Crippen LogP contribution < -0.4 is 10.9 Å². The fourth-order valence-electron chi connectivity index (χ4n) is 1.57. The van der Waals surface area contributed by atoms with Crippen LogP contribution in [0.15, 0.2) is 23.1 Å². The van der Waals surface area contributed by atoms with Crippen LogP contribution in [0, 0.1) is 6.92 Å². The maximum Gasteiger partial charge on any atom is 0.265 e. The highest BCUT2D eigenvalue weighted by atomic mass is 32.2. The van der Waals surface area contributed by atoms with Gasteiger partial charge in [-0.3, -0.25) is 4.18 Å². The van der Waals surface area contributed by atoms with E-state index in [2.05, 4.69) is 0 Å². The zero-order valence-corrected chi connectivity index (χ0v) is 12.2. The molecule has 19 heavy (non-hydrogen) atoms. The van der Waals surface area contributed by atoms with Gasteiger partial charge in [-0.2, -0.15) is 8.42 Å².